The molecule has 1 N–H and O–H groups in total. The molecule has 5 nitrogen and oxygen atoms in total. The average Bonchev–Trinajstić information content (AvgIpc) is 2.76. The van der Waals surface area contributed by atoms with E-state index in [1.165, 1.54) is 12.1 Å². The van der Waals surface area contributed by atoms with Crippen molar-refractivity contribution >= 4 is 5.91 Å². The normalized spacial score (nSPS) is 10.3. The Bertz CT molecular complexity index is 537. The highest BCUT2D eigenvalue weighted by atomic mass is 19.1. The lowest BCUT2D eigenvalue weighted by molar-refractivity contribution is -0.120. The molecule has 0 radical (unpaired) electrons. The average molecular weight is 249 g/mol. The van der Waals surface area contributed by atoms with Crippen LogP contribution in [0, 0.1) is 12.7 Å². The van der Waals surface area contributed by atoms with Gasteiger partial charge in [0, 0.05) is 6.92 Å². The molecule has 6 heteroatoms. The summed E-state index contributed by atoms with van der Waals surface area (Å²) in [5.74, 6) is 0.392. The van der Waals surface area contributed by atoms with E-state index in [0.717, 1.165) is 5.56 Å². The lowest BCUT2D eigenvalue weighted by Gasteiger charge is -2.02. The van der Waals surface area contributed by atoms with Gasteiger partial charge in [0.25, 0.3) is 0 Å². The smallest absolute Gasteiger partial charge is 0.224 e. The van der Waals surface area contributed by atoms with Crippen molar-refractivity contribution in [2.24, 2.45) is 0 Å². The zero-order valence-electron chi connectivity index (χ0n) is 9.81. The number of rotatable bonds is 4. The second-order valence-corrected chi connectivity index (χ2v) is 3.81. The summed E-state index contributed by atoms with van der Waals surface area (Å²) in [5.41, 5.74) is 0.748. The van der Waals surface area contributed by atoms with Gasteiger partial charge >= 0.3 is 0 Å². The molecule has 0 saturated carbocycles. The van der Waals surface area contributed by atoms with Crippen LogP contribution in [-0.4, -0.2) is 16.0 Å². The van der Waals surface area contributed by atoms with Crippen molar-refractivity contribution in [2.45, 2.75) is 19.9 Å². The number of nitrogens with zero attached hydrogens (tertiary/aromatic N) is 2. The number of hydrogen-bond donors (Lipinski definition) is 1. The fraction of sp³-hybridized carbons (Fsp3) is 0.250. The Labute approximate surface area is 103 Å². The van der Waals surface area contributed by atoms with Crippen LogP contribution < -0.4 is 5.32 Å². The summed E-state index contributed by atoms with van der Waals surface area (Å²) >= 11 is 0. The summed E-state index contributed by atoms with van der Waals surface area (Å²) in [6.07, 6.45) is 0.192. The Morgan fingerprint density at radius 2 is 2.11 bits per heavy atom. The van der Waals surface area contributed by atoms with Gasteiger partial charge in [-0.2, -0.15) is 4.98 Å². The standard InChI is InChI=1S/C12H12FN3O2/c1-8-15-11(16-18-8)7-14-12(17)6-9-2-4-10(13)5-3-9/h2-5H,6-7H2,1H3,(H,14,17). The molecular formula is C12H12FN3O2. The van der Waals surface area contributed by atoms with Crippen molar-refractivity contribution < 1.29 is 13.7 Å². The highest BCUT2D eigenvalue weighted by Gasteiger charge is 2.06. The molecule has 2 rings (SSSR count). The molecule has 18 heavy (non-hydrogen) atoms. The third kappa shape index (κ3) is 3.38. The molecule has 1 aromatic carbocycles. The Balaban J connectivity index is 1.83. The second kappa shape index (κ2) is 5.39. The predicted molar refractivity (Wildman–Crippen MR) is 61.0 cm³/mol. The van der Waals surface area contributed by atoms with Crippen LogP contribution in [0.2, 0.25) is 0 Å². The highest BCUT2D eigenvalue weighted by Crippen LogP contribution is 2.03. The highest BCUT2D eigenvalue weighted by molar-refractivity contribution is 5.78. The molecule has 0 unspecified atom stereocenters. The summed E-state index contributed by atoms with van der Waals surface area (Å²) in [6, 6.07) is 5.80. The molecule has 0 saturated heterocycles. The van der Waals surface area contributed by atoms with E-state index in [4.69, 9.17) is 4.52 Å². The molecule has 0 aliphatic heterocycles. The summed E-state index contributed by atoms with van der Waals surface area (Å²) in [7, 11) is 0. The van der Waals surface area contributed by atoms with E-state index in [-0.39, 0.29) is 24.7 Å². The molecule has 0 bridgehead atoms. The van der Waals surface area contributed by atoms with Crippen LogP contribution in [0.3, 0.4) is 0 Å². The van der Waals surface area contributed by atoms with Crippen molar-refractivity contribution in [2.75, 3.05) is 0 Å². The van der Waals surface area contributed by atoms with Crippen LogP contribution in [-0.2, 0) is 17.8 Å². The van der Waals surface area contributed by atoms with E-state index >= 15 is 0 Å². The summed E-state index contributed by atoms with van der Waals surface area (Å²) < 4.78 is 17.4. The lowest BCUT2D eigenvalue weighted by Crippen LogP contribution is -2.25. The minimum absolute atomic E-state index is 0.177. The van der Waals surface area contributed by atoms with Gasteiger partial charge in [-0.3, -0.25) is 4.79 Å². The Morgan fingerprint density at radius 1 is 1.39 bits per heavy atom. The predicted octanol–water partition coefficient (Wildman–Crippen LogP) is 1.38. The molecule has 0 spiro atoms. The fourth-order valence-electron chi connectivity index (χ4n) is 1.44. The maximum atomic E-state index is 12.7. The van der Waals surface area contributed by atoms with Crippen molar-refractivity contribution in [1.82, 2.24) is 15.5 Å². The van der Waals surface area contributed by atoms with E-state index in [9.17, 15) is 9.18 Å². The van der Waals surface area contributed by atoms with Crippen LogP contribution in [0.1, 0.15) is 17.3 Å². The van der Waals surface area contributed by atoms with Crippen LogP contribution >= 0.6 is 0 Å². The maximum Gasteiger partial charge on any atom is 0.224 e. The van der Waals surface area contributed by atoms with Crippen LogP contribution in [0.4, 0.5) is 4.39 Å². The Kier molecular flexibility index (Phi) is 3.66. The van der Waals surface area contributed by atoms with E-state index in [2.05, 4.69) is 15.5 Å². The molecule has 94 valence electrons. The van der Waals surface area contributed by atoms with Crippen LogP contribution in [0.5, 0.6) is 0 Å². The molecule has 0 aliphatic rings. The summed E-state index contributed by atoms with van der Waals surface area (Å²) in [5, 5.41) is 6.31. The van der Waals surface area contributed by atoms with Gasteiger partial charge in [0.05, 0.1) is 13.0 Å². The first-order valence-corrected chi connectivity index (χ1v) is 5.44. The minimum Gasteiger partial charge on any atom is -0.348 e. The van der Waals surface area contributed by atoms with E-state index in [0.29, 0.717) is 11.7 Å². The zero-order chi connectivity index (χ0) is 13.0. The van der Waals surface area contributed by atoms with E-state index in [1.54, 1.807) is 19.1 Å². The number of hydrogen-bond acceptors (Lipinski definition) is 4. The first-order valence-electron chi connectivity index (χ1n) is 5.44. The molecule has 1 aromatic heterocycles. The van der Waals surface area contributed by atoms with Gasteiger partial charge < -0.3 is 9.84 Å². The van der Waals surface area contributed by atoms with Crippen LogP contribution in [0.15, 0.2) is 28.8 Å². The fourth-order valence-corrected chi connectivity index (χ4v) is 1.44. The van der Waals surface area contributed by atoms with Gasteiger partial charge in [0.1, 0.15) is 5.82 Å². The Morgan fingerprint density at radius 3 is 2.72 bits per heavy atom. The van der Waals surface area contributed by atoms with Gasteiger partial charge in [-0.05, 0) is 17.7 Å². The first-order chi connectivity index (χ1) is 8.63. The SMILES string of the molecule is Cc1nc(CNC(=O)Cc2ccc(F)cc2)no1. The number of carbonyl (C=O) groups excluding carboxylic acids is 1. The van der Waals surface area contributed by atoms with Gasteiger partial charge in [0.2, 0.25) is 11.8 Å². The van der Waals surface area contributed by atoms with E-state index in [1.807, 2.05) is 0 Å². The second-order valence-electron chi connectivity index (χ2n) is 3.81. The lowest BCUT2D eigenvalue weighted by atomic mass is 10.1. The summed E-state index contributed by atoms with van der Waals surface area (Å²) in [6.45, 7) is 1.90. The third-order valence-corrected chi connectivity index (χ3v) is 2.29. The van der Waals surface area contributed by atoms with Crippen molar-refractivity contribution in [3.05, 3.63) is 47.4 Å². The first kappa shape index (κ1) is 12.2. The number of nitrogens with one attached hydrogen (secondary N) is 1. The molecule has 0 atom stereocenters. The number of aromatic nitrogens is 2. The molecule has 1 heterocycles. The number of amides is 1. The number of benzene rings is 1. The van der Waals surface area contributed by atoms with E-state index < -0.39 is 0 Å². The van der Waals surface area contributed by atoms with Gasteiger partial charge in [0.15, 0.2) is 5.82 Å². The minimum atomic E-state index is -0.318. The molecule has 1 amide bonds. The van der Waals surface area contributed by atoms with Crippen molar-refractivity contribution in [3.8, 4) is 0 Å². The molecule has 2 aromatic rings. The summed E-state index contributed by atoms with van der Waals surface area (Å²) in [4.78, 5) is 15.5. The van der Waals surface area contributed by atoms with Gasteiger partial charge in [-0.1, -0.05) is 17.3 Å². The monoisotopic (exact) mass is 249 g/mol. The van der Waals surface area contributed by atoms with Crippen molar-refractivity contribution in [1.29, 1.82) is 0 Å². The number of carbonyl (C=O) groups is 1. The van der Waals surface area contributed by atoms with Crippen molar-refractivity contribution in [3.63, 3.8) is 0 Å². The number of aryl methyl sites for hydroxylation is 1. The quantitative estimate of drug-likeness (QED) is 0.888. The Hall–Kier alpha value is -2.24. The number of halogens is 1. The largest absolute Gasteiger partial charge is 0.348 e. The van der Waals surface area contributed by atoms with Crippen LogP contribution in [0.25, 0.3) is 0 Å². The zero-order valence-corrected chi connectivity index (χ0v) is 9.81. The topological polar surface area (TPSA) is 68.0 Å². The van der Waals surface area contributed by atoms with Gasteiger partial charge in [-0.15, -0.1) is 0 Å². The third-order valence-electron chi connectivity index (χ3n) is 2.29. The molecular weight excluding hydrogens is 237 g/mol. The van der Waals surface area contributed by atoms with Gasteiger partial charge in [-0.25, -0.2) is 4.39 Å². The molecule has 0 fully saturated rings. The maximum absolute atomic E-state index is 12.7. The molecule has 0 aliphatic carbocycles.